The van der Waals surface area contributed by atoms with Gasteiger partial charge in [-0.05, 0) is 28.5 Å². The van der Waals surface area contributed by atoms with Gasteiger partial charge in [-0.15, -0.1) is 0 Å². The number of hydrogen-bond acceptors (Lipinski definition) is 3. The van der Waals surface area contributed by atoms with Crippen molar-refractivity contribution < 1.29 is 61.3 Å². The van der Waals surface area contributed by atoms with E-state index in [0.717, 1.165) is 22.0 Å². The van der Waals surface area contributed by atoms with E-state index < -0.39 is 11.9 Å². The monoisotopic (exact) mass is 315 g/mol. The summed E-state index contributed by atoms with van der Waals surface area (Å²) in [7, 11) is 0. The number of carboxylic acid groups (broad SMARTS) is 1. The zero-order chi connectivity index (χ0) is 14.7. The van der Waals surface area contributed by atoms with E-state index in [1.165, 1.54) is 0 Å². The van der Waals surface area contributed by atoms with Crippen LogP contribution in [0.1, 0.15) is 17.2 Å². The van der Waals surface area contributed by atoms with Crippen molar-refractivity contribution in [3.05, 3.63) is 78.1 Å². The van der Waals surface area contributed by atoms with Crippen molar-refractivity contribution in [2.75, 3.05) is 0 Å². The molecule has 0 amide bonds. The molecule has 0 aliphatic rings. The van der Waals surface area contributed by atoms with Crippen molar-refractivity contribution in [1.82, 2.24) is 4.98 Å². The Morgan fingerprint density at radius 2 is 1.73 bits per heavy atom. The number of pyridine rings is 1. The van der Waals surface area contributed by atoms with Gasteiger partial charge in [-0.1, -0.05) is 48.5 Å². The number of benzene rings is 2. The van der Waals surface area contributed by atoms with Gasteiger partial charge in [0.15, 0.2) is 0 Å². The van der Waals surface area contributed by atoms with Crippen molar-refractivity contribution in [3.63, 3.8) is 0 Å². The normalized spacial score (nSPS) is 11.6. The minimum absolute atomic E-state index is 0. The van der Waals surface area contributed by atoms with Gasteiger partial charge >= 0.3 is 51.4 Å². The van der Waals surface area contributed by atoms with E-state index in [1.54, 1.807) is 6.20 Å². The van der Waals surface area contributed by atoms with Crippen LogP contribution in [-0.2, 0) is 11.2 Å². The number of nitrogens with zero attached hydrogens (tertiary/aromatic N) is 1. The van der Waals surface area contributed by atoms with E-state index >= 15 is 0 Å². The zero-order valence-corrected chi connectivity index (χ0v) is 15.5. The van der Waals surface area contributed by atoms with Crippen molar-refractivity contribution in [3.8, 4) is 0 Å². The van der Waals surface area contributed by atoms with E-state index in [-0.39, 0.29) is 51.4 Å². The SMILES string of the molecule is O=C([O-])C(Cc1ccccn1)c1cccc2ccccc12.[K+]. The smallest absolute Gasteiger partial charge is 0.549 e. The summed E-state index contributed by atoms with van der Waals surface area (Å²) < 4.78 is 0. The molecule has 1 aromatic heterocycles. The Morgan fingerprint density at radius 3 is 2.45 bits per heavy atom. The van der Waals surface area contributed by atoms with Crippen LogP contribution in [0.25, 0.3) is 10.8 Å². The first-order valence-corrected chi connectivity index (χ1v) is 6.84. The van der Waals surface area contributed by atoms with Gasteiger partial charge in [0.1, 0.15) is 0 Å². The minimum Gasteiger partial charge on any atom is -0.549 e. The molecular weight excluding hydrogens is 301 g/mol. The fourth-order valence-electron chi connectivity index (χ4n) is 2.60. The van der Waals surface area contributed by atoms with Gasteiger partial charge in [0.25, 0.3) is 0 Å². The quantitative estimate of drug-likeness (QED) is 0.599. The molecule has 0 aliphatic heterocycles. The summed E-state index contributed by atoms with van der Waals surface area (Å²) in [5, 5.41) is 13.6. The Bertz CT molecular complexity index is 769. The van der Waals surface area contributed by atoms with Crippen LogP contribution in [0.2, 0.25) is 0 Å². The molecule has 0 saturated heterocycles. The summed E-state index contributed by atoms with van der Waals surface area (Å²) >= 11 is 0. The Labute approximate surface area is 171 Å². The summed E-state index contributed by atoms with van der Waals surface area (Å²) in [5.41, 5.74) is 1.53. The van der Waals surface area contributed by atoms with Gasteiger partial charge in [-0.2, -0.15) is 0 Å². The second-order valence-corrected chi connectivity index (χ2v) is 4.97. The van der Waals surface area contributed by atoms with Gasteiger partial charge < -0.3 is 9.90 Å². The molecule has 3 nitrogen and oxygen atoms in total. The number of carbonyl (C=O) groups is 1. The number of aliphatic carboxylic acids is 1. The maximum atomic E-state index is 11.6. The second kappa shape index (κ2) is 7.99. The second-order valence-electron chi connectivity index (χ2n) is 4.97. The van der Waals surface area contributed by atoms with Crippen molar-refractivity contribution >= 4 is 16.7 Å². The molecule has 0 saturated carbocycles. The first-order valence-electron chi connectivity index (χ1n) is 6.84. The third-order valence-electron chi connectivity index (χ3n) is 3.62. The Morgan fingerprint density at radius 1 is 1.00 bits per heavy atom. The molecule has 0 radical (unpaired) electrons. The molecule has 1 atom stereocenters. The average molecular weight is 315 g/mol. The van der Waals surface area contributed by atoms with Gasteiger partial charge in [0, 0.05) is 30.2 Å². The summed E-state index contributed by atoms with van der Waals surface area (Å²) in [6.45, 7) is 0. The van der Waals surface area contributed by atoms with Crippen LogP contribution >= 0.6 is 0 Å². The molecule has 22 heavy (non-hydrogen) atoms. The Balaban J connectivity index is 0.00000176. The third-order valence-corrected chi connectivity index (χ3v) is 3.62. The predicted molar refractivity (Wildman–Crippen MR) is 79.6 cm³/mol. The number of carbonyl (C=O) groups excluding carboxylic acids is 1. The number of rotatable bonds is 4. The summed E-state index contributed by atoms with van der Waals surface area (Å²) in [4.78, 5) is 15.8. The first-order chi connectivity index (χ1) is 10.3. The van der Waals surface area contributed by atoms with Gasteiger partial charge in [-0.3, -0.25) is 4.98 Å². The molecule has 3 aromatic rings. The molecule has 1 heterocycles. The summed E-state index contributed by atoms with van der Waals surface area (Å²) in [6.07, 6.45) is 2.00. The molecule has 2 aromatic carbocycles. The average Bonchev–Trinajstić information content (AvgIpc) is 2.53. The van der Waals surface area contributed by atoms with Crippen LogP contribution in [0.3, 0.4) is 0 Å². The van der Waals surface area contributed by atoms with Gasteiger partial charge in [-0.25, -0.2) is 0 Å². The standard InChI is InChI=1S/C18H15NO2.K/c20-18(21)17(12-14-8-3-4-11-19-14)16-10-5-7-13-6-1-2-9-15(13)16;/h1-11,17H,12H2,(H,20,21);/q;+1/p-1. The fourth-order valence-corrected chi connectivity index (χ4v) is 2.60. The van der Waals surface area contributed by atoms with E-state index in [9.17, 15) is 9.90 Å². The van der Waals surface area contributed by atoms with E-state index in [4.69, 9.17) is 0 Å². The molecule has 0 bridgehead atoms. The van der Waals surface area contributed by atoms with Crippen LogP contribution in [-0.4, -0.2) is 11.0 Å². The summed E-state index contributed by atoms with van der Waals surface area (Å²) in [6, 6.07) is 19.0. The predicted octanol–water partition coefficient (Wildman–Crippen LogP) is -0.685. The van der Waals surface area contributed by atoms with Crippen LogP contribution in [0, 0.1) is 0 Å². The molecule has 0 spiro atoms. The molecule has 104 valence electrons. The van der Waals surface area contributed by atoms with Gasteiger partial charge in [0.2, 0.25) is 0 Å². The molecule has 1 unspecified atom stereocenters. The third kappa shape index (κ3) is 3.83. The van der Waals surface area contributed by atoms with Crippen molar-refractivity contribution in [2.45, 2.75) is 12.3 Å². The maximum Gasteiger partial charge on any atom is 1.00 e. The van der Waals surface area contributed by atoms with Crippen molar-refractivity contribution in [2.24, 2.45) is 0 Å². The Kier molecular flexibility index (Phi) is 6.29. The van der Waals surface area contributed by atoms with Crippen LogP contribution in [0.15, 0.2) is 66.9 Å². The van der Waals surface area contributed by atoms with E-state index in [0.29, 0.717) is 6.42 Å². The molecule has 4 heteroatoms. The molecule has 0 fully saturated rings. The van der Waals surface area contributed by atoms with Crippen molar-refractivity contribution in [1.29, 1.82) is 0 Å². The van der Waals surface area contributed by atoms with Crippen LogP contribution in [0.5, 0.6) is 0 Å². The van der Waals surface area contributed by atoms with Crippen LogP contribution in [0.4, 0.5) is 0 Å². The fraction of sp³-hybridized carbons (Fsp3) is 0.111. The number of aromatic nitrogens is 1. The molecule has 0 aliphatic carbocycles. The maximum absolute atomic E-state index is 11.6. The molecule has 0 N–H and O–H groups in total. The molecule has 3 rings (SSSR count). The number of fused-ring (bicyclic) bond motifs is 1. The summed E-state index contributed by atoms with van der Waals surface area (Å²) in [5.74, 6) is -1.77. The zero-order valence-electron chi connectivity index (χ0n) is 12.4. The van der Waals surface area contributed by atoms with E-state index in [2.05, 4.69) is 4.98 Å². The molecular formula is C18H14KNO2. The Hall–Kier alpha value is -1.04. The van der Waals surface area contributed by atoms with E-state index in [1.807, 2.05) is 60.7 Å². The van der Waals surface area contributed by atoms with Gasteiger partial charge in [0.05, 0.1) is 0 Å². The number of hydrogen-bond donors (Lipinski definition) is 0. The van der Waals surface area contributed by atoms with Crippen LogP contribution < -0.4 is 56.5 Å². The first kappa shape index (κ1) is 17.3. The number of carboxylic acids is 1. The minimum atomic E-state index is -1.07. The largest absolute Gasteiger partial charge is 1.00 e. The topological polar surface area (TPSA) is 53.0 Å².